The lowest BCUT2D eigenvalue weighted by atomic mass is 10.3. The highest BCUT2D eigenvalue weighted by molar-refractivity contribution is 7.98. The van der Waals surface area contributed by atoms with E-state index in [-0.39, 0.29) is 0 Å². The summed E-state index contributed by atoms with van der Waals surface area (Å²) in [5, 5.41) is 0.744. The Morgan fingerprint density at radius 1 is 1.25 bits per heavy atom. The molecule has 0 aromatic carbocycles. The van der Waals surface area contributed by atoms with Crippen molar-refractivity contribution in [3.63, 3.8) is 0 Å². The molecule has 0 atom stereocenters. The largest absolute Gasteiger partial charge is 0.383 e. The minimum absolute atomic E-state index is 0.549. The molecule has 0 radical (unpaired) electrons. The van der Waals surface area contributed by atoms with Crippen molar-refractivity contribution in [2.24, 2.45) is 0 Å². The predicted octanol–water partition coefficient (Wildman–Crippen LogP) is 0.532. The molecule has 0 spiro atoms. The molecular weight excluding hydrogens is 222 g/mol. The van der Waals surface area contributed by atoms with Crippen molar-refractivity contribution in [2.75, 3.05) is 50.1 Å². The minimum Gasteiger partial charge on any atom is -0.383 e. The SMILES string of the molecule is CSc1nc(N)cc(N2CCN(C)CC2)n1. The predicted molar refractivity (Wildman–Crippen MR) is 67.9 cm³/mol. The van der Waals surface area contributed by atoms with Crippen molar-refractivity contribution >= 4 is 23.4 Å². The zero-order chi connectivity index (χ0) is 11.5. The van der Waals surface area contributed by atoms with Crippen LogP contribution in [0.5, 0.6) is 0 Å². The first-order valence-corrected chi connectivity index (χ1v) is 6.53. The summed E-state index contributed by atoms with van der Waals surface area (Å²) in [6.07, 6.45) is 1.96. The number of nitrogens with zero attached hydrogens (tertiary/aromatic N) is 4. The average molecular weight is 239 g/mol. The zero-order valence-electron chi connectivity index (χ0n) is 9.68. The van der Waals surface area contributed by atoms with Crippen LogP contribution in [0.3, 0.4) is 0 Å². The van der Waals surface area contributed by atoms with Crippen molar-refractivity contribution in [3.05, 3.63) is 6.07 Å². The molecule has 6 heteroatoms. The molecule has 2 rings (SSSR count). The summed E-state index contributed by atoms with van der Waals surface area (Å²) in [4.78, 5) is 13.2. The summed E-state index contributed by atoms with van der Waals surface area (Å²) >= 11 is 1.52. The Balaban J connectivity index is 2.16. The van der Waals surface area contributed by atoms with Crippen LogP contribution in [0.2, 0.25) is 0 Å². The average Bonchev–Trinajstić information content (AvgIpc) is 2.29. The molecule has 1 saturated heterocycles. The fourth-order valence-corrected chi connectivity index (χ4v) is 2.10. The molecule has 0 saturated carbocycles. The first kappa shape index (κ1) is 11.5. The van der Waals surface area contributed by atoms with Gasteiger partial charge in [-0.1, -0.05) is 11.8 Å². The molecule has 16 heavy (non-hydrogen) atoms. The van der Waals surface area contributed by atoms with Crippen molar-refractivity contribution in [3.8, 4) is 0 Å². The molecule has 1 aliphatic heterocycles. The van der Waals surface area contributed by atoms with Gasteiger partial charge < -0.3 is 15.5 Å². The van der Waals surface area contributed by atoms with Gasteiger partial charge in [-0.05, 0) is 13.3 Å². The second-order valence-electron chi connectivity index (χ2n) is 3.93. The van der Waals surface area contributed by atoms with E-state index in [2.05, 4.69) is 26.8 Å². The van der Waals surface area contributed by atoms with Gasteiger partial charge in [0.05, 0.1) is 0 Å². The molecule has 5 nitrogen and oxygen atoms in total. The molecule has 1 fully saturated rings. The molecule has 1 aromatic heterocycles. The maximum Gasteiger partial charge on any atom is 0.191 e. The van der Waals surface area contributed by atoms with Crippen LogP contribution >= 0.6 is 11.8 Å². The zero-order valence-corrected chi connectivity index (χ0v) is 10.5. The fourth-order valence-electron chi connectivity index (χ4n) is 1.72. The van der Waals surface area contributed by atoms with E-state index in [1.54, 1.807) is 0 Å². The van der Waals surface area contributed by atoms with Crippen molar-refractivity contribution in [1.29, 1.82) is 0 Å². The van der Waals surface area contributed by atoms with E-state index >= 15 is 0 Å². The highest BCUT2D eigenvalue weighted by Crippen LogP contribution is 2.19. The first-order valence-electron chi connectivity index (χ1n) is 5.31. The molecule has 0 unspecified atom stereocenters. The van der Waals surface area contributed by atoms with E-state index in [1.165, 1.54) is 11.8 Å². The van der Waals surface area contributed by atoms with Gasteiger partial charge in [0, 0.05) is 32.2 Å². The van der Waals surface area contributed by atoms with E-state index in [1.807, 2.05) is 12.3 Å². The number of hydrogen-bond acceptors (Lipinski definition) is 6. The van der Waals surface area contributed by atoms with Crippen LogP contribution in [0, 0.1) is 0 Å². The number of nitrogen functional groups attached to an aromatic ring is 1. The summed E-state index contributed by atoms with van der Waals surface area (Å²) in [7, 11) is 2.14. The van der Waals surface area contributed by atoms with E-state index in [9.17, 15) is 0 Å². The molecule has 0 bridgehead atoms. The van der Waals surface area contributed by atoms with Crippen LogP contribution in [0.1, 0.15) is 0 Å². The van der Waals surface area contributed by atoms with Crippen molar-refractivity contribution in [1.82, 2.24) is 14.9 Å². The van der Waals surface area contributed by atoms with Crippen molar-refractivity contribution in [2.45, 2.75) is 5.16 Å². The normalized spacial score (nSPS) is 17.8. The quantitative estimate of drug-likeness (QED) is 0.600. The van der Waals surface area contributed by atoms with Crippen molar-refractivity contribution < 1.29 is 0 Å². The smallest absolute Gasteiger partial charge is 0.191 e. The Morgan fingerprint density at radius 3 is 2.56 bits per heavy atom. The number of aromatic nitrogens is 2. The van der Waals surface area contributed by atoms with Crippen LogP contribution < -0.4 is 10.6 Å². The molecule has 2 N–H and O–H groups in total. The maximum absolute atomic E-state index is 5.77. The number of nitrogens with two attached hydrogens (primary N) is 1. The molecule has 2 heterocycles. The summed E-state index contributed by atoms with van der Waals surface area (Å²) in [5.74, 6) is 1.50. The number of anilines is 2. The number of rotatable bonds is 2. The Bertz CT molecular complexity index is 362. The lowest BCUT2D eigenvalue weighted by molar-refractivity contribution is 0.312. The van der Waals surface area contributed by atoms with E-state index in [0.717, 1.165) is 37.2 Å². The summed E-state index contributed by atoms with van der Waals surface area (Å²) < 4.78 is 0. The van der Waals surface area contributed by atoms with Gasteiger partial charge in [0.15, 0.2) is 5.16 Å². The Hall–Kier alpha value is -1.01. The van der Waals surface area contributed by atoms with Crippen LogP contribution in [0.4, 0.5) is 11.6 Å². The Kier molecular flexibility index (Phi) is 3.50. The molecule has 1 aromatic rings. The molecule has 1 aliphatic rings. The molecular formula is C10H17N5S. The van der Waals surface area contributed by atoms with Crippen LogP contribution in [-0.2, 0) is 0 Å². The lowest BCUT2D eigenvalue weighted by Crippen LogP contribution is -2.44. The van der Waals surface area contributed by atoms with Crippen LogP contribution in [0.15, 0.2) is 11.2 Å². The van der Waals surface area contributed by atoms with E-state index in [0.29, 0.717) is 5.82 Å². The van der Waals surface area contributed by atoms with Crippen LogP contribution in [-0.4, -0.2) is 54.4 Å². The molecule has 0 aliphatic carbocycles. The van der Waals surface area contributed by atoms with Gasteiger partial charge >= 0.3 is 0 Å². The summed E-state index contributed by atoms with van der Waals surface area (Å²) in [6.45, 7) is 4.14. The standard InChI is InChI=1S/C10H17N5S/c1-14-3-5-15(6-4-14)9-7-8(11)12-10(13-9)16-2/h7H,3-6H2,1-2H3,(H2,11,12,13). The Labute approximate surface area is 100 Å². The highest BCUT2D eigenvalue weighted by atomic mass is 32.2. The van der Waals surface area contributed by atoms with Gasteiger partial charge in [-0.15, -0.1) is 0 Å². The maximum atomic E-state index is 5.77. The second kappa shape index (κ2) is 4.88. The topological polar surface area (TPSA) is 58.3 Å². The fraction of sp³-hybridized carbons (Fsp3) is 0.600. The van der Waals surface area contributed by atoms with Gasteiger partial charge in [0.2, 0.25) is 0 Å². The number of likely N-dealkylation sites (N-methyl/N-ethyl adjacent to an activating group) is 1. The van der Waals surface area contributed by atoms with E-state index in [4.69, 9.17) is 5.73 Å². The van der Waals surface area contributed by atoms with Gasteiger partial charge in [-0.3, -0.25) is 0 Å². The number of piperazine rings is 1. The summed E-state index contributed by atoms with van der Waals surface area (Å²) in [5.41, 5.74) is 5.77. The molecule has 88 valence electrons. The van der Waals surface area contributed by atoms with Gasteiger partial charge in [-0.25, -0.2) is 9.97 Å². The van der Waals surface area contributed by atoms with Gasteiger partial charge in [0.1, 0.15) is 11.6 Å². The minimum atomic E-state index is 0.549. The second-order valence-corrected chi connectivity index (χ2v) is 4.70. The highest BCUT2D eigenvalue weighted by Gasteiger charge is 2.16. The molecule has 0 amide bonds. The van der Waals surface area contributed by atoms with E-state index < -0.39 is 0 Å². The number of thioether (sulfide) groups is 1. The third-order valence-electron chi connectivity index (χ3n) is 2.72. The monoisotopic (exact) mass is 239 g/mol. The lowest BCUT2D eigenvalue weighted by Gasteiger charge is -2.33. The third kappa shape index (κ3) is 2.56. The van der Waals surface area contributed by atoms with Gasteiger partial charge in [0.25, 0.3) is 0 Å². The summed E-state index contributed by atoms with van der Waals surface area (Å²) in [6, 6.07) is 1.85. The number of hydrogen-bond donors (Lipinski definition) is 1. The third-order valence-corrected chi connectivity index (χ3v) is 3.27. The first-order chi connectivity index (χ1) is 7.69. The Morgan fingerprint density at radius 2 is 1.94 bits per heavy atom. The van der Waals surface area contributed by atoms with Gasteiger partial charge in [-0.2, -0.15) is 0 Å². The van der Waals surface area contributed by atoms with Crippen LogP contribution in [0.25, 0.3) is 0 Å².